The van der Waals surface area contributed by atoms with Crippen molar-refractivity contribution in [2.75, 3.05) is 18.2 Å². The van der Waals surface area contributed by atoms with Gasteiger partial charge in [-0.2, -0.15) is 0 Å². The van der Waals surface area contributed by atoms with Gasteiger partial charge in [0.15, 0.2) is 0 Å². The summed E-state index contributed by atoms with van der Waals surface area (Å²) in [6.45, 7) is 3.66. The molecule has 0 amide bonds. The Bertz CT molecular complexity index is 137. The Labute approximate surface area is 108 Å². The zero-order valence-electron chi connectivity index (χ0n) is 9.80. The molecule has 1 aliphatic heterocycles. The van der Waals surface area contributed by atoms with Crippen LogP contribution in [0.5, 0.6) is 0 Å². The molecule has 0 N–H and O–H groups in total. The van der Waals surface area contributed by atoms with E-state index < -0.39 is 0 Å². The minimum absolute atomic E-state index is 0.836. The molecule has 0 aliphatic carbocycles. The monoisotopic (exact) mass is 317 g/mol. The predicted molar refractivity (Wildman–Crippen MR) is 69.7 cm³/mol. The van der Waals surface area contributed by atoms with Crippen LogP contribution in [0.15, 0.2) is 0 Å². The second kappa shape index (κ2) is 8.35. The summed E-state index contributed by atoms with van der Waals surface area (Å²) in [6.07, 6.45) is 8.74. The van der Waals surface area contributed by atoms with Crippen LogP contribution in [0, 0.1) is 0 Å². The summed E-state index contributed by atoms with van der Waals surface area (Å²) in [6, 6.07) is 0. The van der Waals surface area contributed by atoms with E-state index in [4.69, 9.17) is 0 Å². The topological polar surface area (TPSA) is 3.24 Å². The molecule has 82 valence electrons. The molecule has 3 heteroatoms. The van der Waals surface area contributed by atoms with Crippen LogP contribution in [0.1, 0.15) is 45.4 Å². The summed E-state index contributed by atoms with van der Waals surface area (Å²) in [7, 11) is 0. The molecular formula is C11H24InNS. The van der Waals surface area contributed by atoms with Crippen LogP contribution in [0.2, 0.25) is 0 Å². The second-order valence-corrected chi connectivity index (χ2v) is 9.28. The molecule has 0 spiro atoms. The van der Waals surface area contributed by atoms with Crippen LogP contribution in [-0.2, 0) is 0 Å². The van der Waals surface area contributed by atoms with E-state index in [-0.39, 0.29) is 0 Å². The summed E-state index contributed by atoms with van der Waals surface area (Å²) in [5.74, 6) is 2.71. The second-order valence-electron chi connectivity index (χ2n) is 4.40. The number of unbranched alkanes of at least 4 members (excludes halogenated alkanes) is 4. The van der Waals surface area contributed by atoms with Gasteiger partial charge in [-0.15, -0.1) is 0 Å². The molecule has 0 aromatic heterocycles. The average Bonchev–Trinajstić information content (AvgIpc) is 2.70. The van der Waals surface area contributed by atoms with E-state index in [1.165, 1.54) is 56.7 Å². The molecule has 0 aromatic carbocycles. The molecule has 1 atom stereocenters. The Morgan fingerprint density at radius 2 is 2.07 bits per heavy atom. The van der Waals surface area contributed by atoms with Crippen molar-refractivity contribution in [3.05, 3.63) is 0 Å². The van der Waals surface area contributed by atoms with Crippen molar-refractivity contribution in [2.45, 2.75) is 49.2 Å². The zero-order valence-corrected chi connectivity index (χ0v) is 16.3. The number of thioether (sulfide) groups is 1. The molecular weight excluding hydrogens is 293 g/mol. The van der Waals surface area contributed by atoms with Gasteiger partial charge in [0.2, 0.25) is 0 Å². The van der Waals surface area contributed by atoms with E-state index in [2.05, 4.69) is 23.6 Å². The summed E-state index contributed by atoms with van der Waals surface area (Å²) in [5, 5.41) is 0. The van der Waals surface area contributed by atoms with Crippen LogP contribution in [0.25, 0.3) is 0 Å². The zero-order chi connectivity index (χ0) is 10.2. The summed E-state index contributed by atoms with van der Waals surface area (Å²) in [4.78, 5) is 2.72. The third kappa shape index (κ3) is 5.32. The molecule has 1 saturated heterocycles. The first-order valence-electron chi connectivity index (χ1n) is 6.16. The number of hydrogen-bond donors (Lipinski definition) is 0. The normalized spacial score (nSPS) is 20.1. The van der Waals surface area contributed by atoms with Gasteiger partial charge in [0.25, 0.3) is 0 Å². The molecule has 0 saturated carbocycles. The molecule has 1 aliphatic rings. The molecule has 0 radical (unpaired) electrons. The van der Waals surface area contributed by atoms with Gasteiger partial charge in [-0.25, -0.2) is 0 Å². The van der Waals surface area contributed by atoms with Crippen molar-refractivity contribution in [1.29, 1.82) is 0 Å². The molecule has 14 heavy (non-hydrogen) atoms. The fourth-order valence-corrected chi connectivity index (χ4v) is 6.29. The first kappa shape index (κ1) is 13.2. The summed E-state index contributed by atoms with van der Waals surface area (Å²) in [5.41, 5.74) is 0. The van der Waals surface area contributed by atoms with Gasteiger partial charge in [-0.05, 0) is 0 Å². The Morgan fingerprint density at radius 1 is 1.29 bits per heavy atom. The number of nitrogens with zero attached hydrogens (tertiary/aromatic N) is 1. The van der Waals surface area contributed by atoms with Crippen LogP contribution in [0.3, 0.4) is 0 Å². The summed E-state index contributed by atoms with van der Waals surface area (Å²) >= 11 is 2.95. The van der Waals surface area contributed by atoms with E-state index in [0.29, 0.717) is 0 Å². The Kier molecular flexibility index (Phi) is 7.90. The Balaban J connectivity index is 1.94. The maximum atomic E-state index is 2.72. The molecule has 1 heterocycles. The first-order chi connectivity index (χ1) is 6.84. The first-order valence-corrected chi connectivity index (χ1v) is 10.6. The molecule has 1 rings (SSSR count). The molecule has 1 unspecified atom stereocenters. The predicted octanol–water partition coefficient (Wildman–Crippen LogP) is 2.31. The van der Waals surface area contributed by atoms with Gasteiger partial charge in [-0.3, -0.25) is 0 Å². The molecule has 0 aromatic rings. The molecule has 0 bridgehead atoms. The summed E-state index contributed by atoms with van der Waals surface area (Å²) < 4.78 is 1.04. The quantitative estimate of drug-likeness (QED) is 0.663. The van der Waals surface area contributed by atoms with E-state index in [9.17, 15) is 0 Å². The minimum atomic E-state index is 0.836. The Hall–Kier alpha value is 1.18. The van der Waals surface area contributed by atoms with Crippen molar-refractivity contribution < 1.29 is 0 Å². The van der Waals surface area contributed by atoms with Crippen molar-refractivity contribution in [2.24, 2.45) is 0 Å². The van der Waals surface area contributed by atoms with E-state index in [1.807, 2.05) is 0 Å². The third-order valence-electron chi connectivity index (χ3n) is 3.13. The van der Waals surface area contributed by atoms with Crippen molar-refractivity contribution in [3.8, 4) is 0 Å². The van der Waals surface area contributed by atoms with Crippen LogP contribution < -0.4 is 0 Å². The fourth-order valence-electron chi connectivity index (χ4n) is 2.00. The number of hydrogen-bond acceptors (Lipinski definition) is 2. The van der Waals surface area contributed by atoms with Gasteiger partial charge in [-0.1, -0.05) is 0 Å². The van der Waals surface area contributed by atoms with E-state index >= 15 is 0 Å². The van der Waals surface area contributed by atoms with E-state index in [0.717, 1.165) is 28.2 Å². The standard InChI is InChI=1S/C11H22NS.In.2H/c1-2-3-4-5-6-7-8-12-9-10-13-11-12;;;/h8H,2-7,9-11H2,1H3;;;. The van der Waals surface area contributed by atoms with Gasteiger partial charge < -0.3 is 0 Å². The van der Waals surface area contributed by atoms with Gasteiger partial charge >= 0.3 is 108 Å². The van der Waals surface area contributed by atoms with Crippen LogP contribution in [-0.4, -0.2) is 51.2 Å². The van der Waals surface area contributed by atoms with E-state index in [1.54, 1.807) is 0 Å². The molecule has 1 fully saturated rings. The van der Waals surface area contributed by atoms with Gasteiger partial charge in [0, 0.05) is 0 Å². The average molecular weight is 317 g/mol. The van der Waals surface area contributed by atoms with Crippen LogP contribution >= 0.6 is 11.8 Å². The maximum absolute atomic E-state index is 2.72. The fraction of sp³-hybridized carbons (Fsp3) is 1.00. The van der Waals surface area contributed by atoms with Crippen LogP contribution in [0.4, 0.5) is 0 Å². The van der Waals surface area contributed by atoms with Crippen molar-refractivity contribution in [3.63, 3.8) is 0 Å². The van der Waals surface area contributed by atoms with Crippen molar-refractivity contribution >= 4 is 36.1 Å². The molecule has 1 nitrogen and oxygen atoms in total. The number of rotatable bonds is 7. The SMILES string of the molecule is CCCCCCC[CH]([InH2])N1CCSC1. The Morgan fingerprint density at radius 3 is 2.71 bits per heavy atom. The van der Waals surface area contributed by atoms with Gasteiger partial charge in [0.1, 0.15) is 0 Å². The van der Waals surface area contributed by atoms with Gasteiger partial charge in [0.05, 0.1) is 0 Å². The third-order valence-corrected chi connectivity index (χ3v) is 7.85. The van der Waals surface area contributed by atoms with Crippen molar-refractivity contribution in [1.82, 2.24) is 4.90 Å².